The molecule has 0 bridgehead atoms. The zero-order valence-corrected chi connectivity index (χ0v) is 12.6. The molecular formula is C14H25N5O. The topological polar surface area (TPSA) is 99.1 Å². The number of rotatable bonds is 8. The highest BCUT2D eigenvalue weighted by molar-refractivity contribution is 6.01. The Morgan fingerprint density at radius 2 is 1.90 bits per heavy atom. The number of anilines is 1. The zero-order chi connectivity index (χ0) is 15.1. The Morgan fingerprint density at radius 1 is 1.20 bits per heavy atom. The van der Waals surface area contributed by atoms with Gasteiger partial charge >= 0.3 is 0 Å². The van der Waals surface area contributed by atoms with Gasteiger partial charge in [0, 0.05) is 13.1 Å². The van der Waals surface area contributed by atoms with Crippen molar-refractivity contribution in [1.29, 1.82) is 5.41 Å². The first-order valence-corrected chi connectivity index (χ1v) is 7.19. The van der Waals surface area contributed by atoms with Crippen LogP contribution in [-0.2, 0) is 12.8 Å². The number of hydrogen-bond acceptors (Lipinski definition) is 5. The molecule has 0 aliphatic rings. The number of hydrogen-bond donors (Lipinski definition) is 3. The maximum Gasteiger partial charge on any atom is 0.162 e. The summed E-state index contributed by atoms with van der Waals surface area (Å²) >= 11 is 0. The molecule has 1 aromatic heterocycles. The first-order valence-electron chi connectivity index (χ1n) is 7.19. The summed E-state index contributed by atoms with van der Waals surface area (Å²) in [6.07, 6.45) is 2.46. The number of nitrogens with two attached hydrogens (primary N) is 1. The minimum Gasteiger partial charge on any atom is -0.395 e. The summed E-state index contributed by atoms with van der Waals surface area (Å²) in [4.78, 5) is 1.95. The monoisotopic (exact) mass is 279 g/mol. The second-order valence-corrected chi connectivity index (χ2v) is 4.66. The minimum absolute atomic E-state index is 0.0143. The van der Waals surface area contributed by atoms with Crippen molar-refractivity contribution in [2.75, 3.05) is 24.6 Å². The molecule has 0 amide bonds. The molecule has 1 aromatic rings. The standard InChI is InChI=1S/C14H25N5O/c1-4-7-19(8-9-20)14-12(13(15)16)10(5-2)11(6-3)17-18-14/h20H,4-9H2,1-3H3,(H3,15,16). The van der Waals surface area contributed by atoms with Gasteiger partial charge in [0.1, 0.15) is 5.84 Å². The fraction of sp³-hybridized carbons (Fsp3) is 0.643. The maximum atomic E-state index is 9.21. The number of aryl methyl sites for hydroxylation is 1. The zero-order valence-electron chi connectivity index (χ0n) is 12.6. The lowest BCUT2D eigenvalue weighted by molar-refractivity contribution is 0.301. The Hall–Kier alpha value is -1.69. The van der Waals surface area contributed by atoms with Crippen molar-refractivity contribution >= 4 is 11.7 Å². The molecule has 0 aliphatic carbocycles. The van der Waals surface area contributed by atoms with Crippen molar-refractivity contribution in [1.82, 2.24) is 10.2 Å². The van der Waals surface area contributed by atoms with E-state index in [-0.39, 0.29) is 12.4 Å². The number of aliphatic hydroxyl groups excluding tert-OH is 1. The third kappa shape index (κ3) is 3.45. The molecular weight excluding hydrogens is 254 g/mol. The second kappa shape index (κ2) is 7.79. The van der Waals surface area contributed by atoms with E-state index in [0.29, 0.717) is 17.9 Å². The Labute approximate surface area is 120 Å². The predicted molar refractivity (Wildman–Crippen MR) is 81.4 cm³/mol. The SMILES string of the molecule is CCCN(CCO)c1nnc(CC)c(CC)c1C(=N)N. The summed E-state index contributed by atoms with van der Waals surface area (Å²) < 4.78 is 0. The lowest BCUT2D eigenvalue weighted by Gasteiger charge is -2.25. The molecule has 0 saturated carbocycles. The second-order valence-electron chi connectivity index (χ2n) is 4.66. The Balaban J connectivity index is 3.40. The summed E-state index contributed by atoms with van der Waals surface area (Å²) in [5.41, 5.74) is 8.32. The molecule has 1 heterocycles. The maximum absolute atomic E-state index is 9.21. The van der Waals surface area contributed by atoms with Gasteiger partial charge in [0.2, 0.25) is 0 Å². The van der Waals surface area contributed by atoms with Crippen molar-refractivity contribution in [3.8, 4) is 0 Å². The van der Waals surface area contributed by atoms with Gasteiger partial charge in [0.05, 0.1) is 17.9 Å². The summed E-state index contributed by atoms with van der Waals surface area (Å²) in [6.45, 7) is 7.37. The number of aromatic nitrogens is 2. The van der Waals surface area contributed by atoms with Crippen LogP contribution in [-0.4, -0.2) is 40.8 Å². The highest BCUT2D eigenvalue weighted by Gasteiger charge is 2.20. The van der Waals surface area contributed by atoms with E-state index in [1.165, 1.54) is 0 Å². The quantitative estimate of drug-likeness (QED) is 0.489. The van der Waals surface area contributed by atoms with E-state index in [4.69, 9.17) is 11.1 Å². The highest BCUT2D eigenvalue weighted by Crippen LogP contribution is 2.23. The van der Waals surface area contributed by atoms with Crippen molar-refractivity contribution < 1.29 is 5.11 Å². The fourth-order valence-electron chi connectivity index (χ4n) is 2.38. The summed E-state index contributed by atoms with van der Waals surface area (Å²) in [5, 5.41) is 25.6. The van der Waals surface area contributed by atoms with Crippen molar-refractivity contribution in [2.45, 2.75) is 40.0 Å². The Bertz CT molecular complexity index is 455. The van der Waals surface area contributed by atoms with E-state index in [2.05, 4.69) is 17.1 Å². The predicted octanol–water partition coefficient (Wildman–Crippen LogP) is 1.09. The van der Waals surface area contributed by atoms with Crippen LogP contribution < -0.4 is 10.6 Å². The number of amidine groups is 1. The molecule has 1 rings (SSSR count). The largest absolute Gasteiger partial charge is 0.395 e. The molecule has 20 heavy (non-hydrogen) atoms. The smallest absolute Gasteiger partial charge is 0.162 e. The molecule has 0 saturated heterocycles. The molecule has 0 aliphatic heterocycles. The van der Waals surface area contributed by atoms with Crippen LogP contribution in [0.4, 0.5) is 5.82 Å². The molecule has 0 atom stereocenters. The first kappa shape index (κ1) is 16.4. The van der Waals surface area contributed by atoms with Gasteiger partial charge < -0.3 is 15.7 Å². The van der Waals surface area contributed by atoms with Crippen LogP contribution in [0.5, 0.6) is 0 Å². The summed E-state index contributed by atoms with van der Waals surface area (Å²) in [5.74, 6) is 0.628. The van der Waals surface area contributed by atoms with Gasteiger partial charge in [-0.15, -0.1) is 5.10 Å². The summed E-state index contributed by atoms with van der Waals surface area (Å²) in [6, 6.07) is 0. The molecule has 0 fully saturated rings. The van der Waals surface area contributed by atoms with E-state index in [0.717, 1.165) is 37.1 Å². The lowest BCUT2D eigenvalue weighted by atomic mass is 10.0. The molecule has 4 N–H and O–H groups in total. The summed E-state index contributed by atoms with van der Waals surface area (Å²) in [7, 11) is 0. The van der Waals surface area contributed by atoms with Gasteiger partial charge in [-0.2, -0.15) is 5.10 Å². The van der Waals surface area contributed by atoms with Crippen LogP contribution in [0.2, 0.25) is 0 Å². The molecule has 0 aromatic carbocycles. The van der Waals surface area contributed by atoms with Crippen LogP contribution >= 0.6 is 0 Å². The minimum atomic E-state index is 0.0143. The molecule has 0 radical (unpaired) electrons. The van der Waals surface area contributed by atoms with E-state index in [9.17, 15) is 5.11 Å². The number of nitrogens with one attached hydrogen (secondary N) is 1. The van der Waals surface area contributed by atoms with Gasteiger partial charge in [-0.3, -0.25) is 5.41 Å². The fourth-order valence-corrected chi connectivity index (χ4v) is 2.38. The van der Waals surface area contributed by atoms with Crippen LogP contribution in [0.3, 0.4) is 0 Å². The number of nitrogens with zero attached hydrogens (tertiary/aromatic N) is 3. The van der Waals surface area contributed by atoms with E-state index in [1.54, 1.807) is 0 Å². The average molecular weight is 279 g/mol. The van der Waals surface area contributed by atoms with Crippen molar-refractivity contribution in [3.05, 3.63) is 16.8 Å². The van der Waals surface area contributed by atoms with Crippen LogP contribution in [0.1, 0.15) is 44.0 Å². The van der Waals surface area contributed by atoms with Gasteiger partial charge in [0.25, 0.3) is 0 Å². The normalized spacial score (nSPS) is 10.6. The Morgan fingerprint density at radius 3 is 2.35 bits per heavy atom. The first-order chi connectivity index (χ1) is 9.60. The number of nitrogen functional groups attached to an aromatic ring is 1. The van der Waals surface area contributed by atoms with Crippen LogP contribution in [0.15, 0.2) is 0 Å². The van der Waals surface area contributed by atoms with Crippen molar-refractivity contribution in [2.24, 2.45) is 5.73 Å². The third-order valence-corrected chi connectivity index (χ3v) is 3.26. The van der Waals surface area contributed by atoms with Crippen LogP contribution in [0, 0.1) is 5.41 Å². The van der Waals surface area contributed by atoms with Gasteiger partial charge in [-0.25, -0.2) is 0 Å². The van der Waals surface area contributed by atoms with Crippen molar-refractivity contribution in [3.63, 3.8) is 0 Å². The third-order valence-electron chi connectivity index (χ3n) is 3.26. The molecule has 112 valence electrons. The lowest BCUT2D eigenvalue weighted by Crippen LogP contribution is -2.32. The Kier molecular flexibility index (Phi) is 6.38. The van der Waals surface area contributed by atoms with E-state index >= 15 is 0 Å². The van der Waals surface area contributed by atoms with E-state index in [1.807, 2.05) is 18.7 Å². The van der Waals surface area contributed by atoms with Gasteiger partial charge in [-0.05, 0) is 24.8 Å². The molecule has 0 spiro atoms. The molecule has 0 unspecified atom stereocenters. The highest BCUT2D eigenvalue weighted by atomic mass is 16.3. The molecule has 6 nitrogen and oxygen atoms in total. The van der Waals surface area contributed by atoms with Crippen LogP contribution in [0.25, 0.3) is 0 Å². The van der Waals surface area contributed by atoms with Gasteiger partial charge in [0.15, 0.2) is 5.82 Å². The van der Waals surface area contributed by atoms with E-state index < -0.39 is 0 Å². The number of aliphatic hydroxyl groups is 1. The molecule has 6 heteroatoms. The average Bonchev–Trinajstić information content (AvgIpc) is 2.45. The van der Waals surface area contributed by atoms with Gasteiger partial charge in [-0.1, -0.05) is 20.8 Å².